The minimum absolute atomic E-state index is 0.133. The van der Waals surface area contributed by atoms with Crippen LogP contribution in [0, 0.1) is 5.82 Å². The Kier molecular flexibility index (Phi) is 6.23. The highest BCUT2D eigenvalue weighted by molar-refractivity contribution is 7.22. The molecule has 1 amide bonds. The van der Waals surface area contributed by atoms with E-state index in [1.807, 2.05) is 36.4 Å². The summed E-state index contributed by atoms with van der Waals surface area (Å²) in [6, 6.07) is 15.9. The van der Waals surface area contributed by atoms with Crippen LogP contribution in [0.4, 0.5) is 9.52 Å². The van der Waals surface area contributed by atoms with Crippen molar-refractivity contribution in [3.8, 4) is 5.75 Å². The van der Waals surface area contributed by atoms with E-state index in [0.29, 0.717) is 33.6 Å². The molecule has 0 N–H and O–H groups in total. The maximum Gasteiger partial charge on any atom is 0.267 e. The summed E-state index contributed by atoms with van der Waals surface area (Å²) in [7, 11) is 0. The second-order valence-corrected chi connectivity index (χ2v) is 8.47. The lowest BCUT2D eigenvalue weighted by atomic mass is 10.0. The third kappa shape index (κ3) is 5.06. The van der Waals surface area contributed by atoms with Gasteiger partial charge in [0.05, 0.1) is 16.8 Å². The van der Waals surface area contributed by atoms with Gasteiger partial charge in [0.25, 0.3) is 5.91 Å². The third-order valence-electron chi connectivity index (χ3n) is 4.84. The number of pyridine rings is 1. The molecule has 2 aromatic carbocycles. The fourth-order valence-corrected chi connectivity index (χ4v) is 4.12. The van der Waals surface area contributed by atoms with Crippen LogP contribution in [0.25, 0.3) is 10.2 Å². The Morgan fingerprint density at radius 2 is 1.97 bits per heavy atom. The number of amides is 1. The van der Waals surface area contributed by atoms with Crippen molar-refractivity contribution in [2.75, 3.05) is 11.5 Å². The Bertz CT molecular complexity index is 1180. The average Bonchev–Trinajstić information content (AvgIpc) is 3.19. The molecular weight excluding hydrogens is 413 g/mol. The number of carbonyl (C=O) groups is 1. The number of halogens is 1. The quantitative estimate of drug-likeness (QED) is 0.381. The zero-order valence-electron chi connectivity index (χ0n) is 17.3. The van der Waals surface area contributed by atoms with Gasteiger partial charge in [0, 0.05) is 12.4 Å². The maximum atomic E-state index is 13.6. The van der Waals surface area contributed by atoms with Crippen molar-refractivity contribution < 1.29 is 13.9 Å². The minimum atomic E-state index is -0.332. The van der Waals surface area contributed by atoms with Crippen LogP contribution in [-0.4, -0.2) is 22.5 Å². The van der Waals surface area contributed by atoms with E-state index in [1.165, 1.54) is 29.0 Å². The summed E-state index contributed by atoms with van der Waals surface area (Å²) in [5.74, 6) is 0.484. The van der Waals surface area contributed by atoms with E-state index in [0.717, 1.165) is 5.56 Å². The molecule has 5 nitrogen and oxygen atoms in total. The summed E-state index contributed by atoms with van der Waals surface area (Å²) in [6.07, 6.45) is 3.39. The van der Waals surface area contributed by atoms with Crippen LogP contribution in [0.1, 0.15) is 30.9 Å². The smallest absolute Gasteiger partial charge is 0.267 e. The van der Waals surface area contributed by atoms with Gasteiger partial charge in [-0.3, -0.25) is 14.7 Å². The van der Waals surface area contributed by atoms with Gasteiger partial charge in [-0.05, 0) is 53.4 Å². The normalized spacial score (nSPS) is 11.1. The largest absolute Gasteiger partial charge is 0.484 e. The standard InChI is InChI=1S/C24H22FN3O2S/c1-16(2)18-5-8-20(9-6-18)30-15-23(29)28(14-17-4-3-11-26-13-17)24-27-21-10-7-19(25)12-22(21)31-24/h3-13,16H,14-15H2,1-2H3. The molecule has 0 aliphatic rings. The molecule has 158 valence electrons. The summed E-state index contributed by atoms with van der Waals surface area (Å²) < 4.78 is 20.0. The molecule has 0 radical (unpaired) electrons. The van der Waals surface area contributed by atoms with Crippen LogP contribution in [0.3, 0.4) is 0 Å². The second-order valence-electron chi connectivity index (χ2n) is 7.46. The first-order valence-corrected chi connectivity index (χ1v) is 10.8. The van der Waals surface area contributed by atoms with E-state index in [4.69, 9.17) is 4.74 Å². The Hall–Kier alpha value is -3.32. The van der Waals surface area contributed by atoms with E-state index >= 15 is 0 Å². The summed E-state index contributed by atoms with van der Waals surface area (Å²) >= 11 is 1.27. The highest BCUT2D eigenvalue weighted by Gasteiger charge is 2.21. The predicted molar refractivity (Wildman–Crippen MR) is 121 cm³/mol. The highest BCUT2D eigenvalue weighted by Crippen LogP contribution is 2.30. The second kappa shape index (κ2) is 9.22. The summed E-state index contributed by atoms with van der Waals surface area (Å²) in [5, 5.41) is 0.494. The number of thiazole rings is 1. The van der Waals surface area contributed by atoms with Gasteiger partial charge in [-0.1, -0.05) is 43.4 Å². The summed E-state index contributed by atoms with van der Waals surface area (Å²) in [4.78, 5) is 23.3. The van der Waals surface area contributed by atoms with Crippen molar-refractivity contribution in [2.45, 2.75) is 26.3 Å². The number of aromatic nitrogens is 2. The van der Waals surface area contributed by atoms with E-state index in [9.17, 15) is 9.18 Å². The van der Waals surface area contributed by atoms with Crippen LogP contribution >= 0.6 is 11.3 Å². The molecule has 0 unspecified atom stereocenters. The molecule has 0 spiro atoms. The number of anilines is 1. The molecule has 2 aromatic heterocycles. The minimum Gasteiger partial charge on any atom is -0.484 e. The third-order valence-corrected chi connectivity index (χ3v) is 5.88. The first-order valence-electron chi connectivity index (χ1n) is 9.98. The molecule has 0 saturated heterocycles. The number of hydrogen-bond acceptors (Lipinski definition) is 5. The molecule has 4 aromatic rings. The molecule has 4 rings (SSSR count). The van der Waals surface area contributed by atoms with Gasteiger partial charge < -0.3 is 4.74 Å². The molecule has 0 bridgehead atoms. The zero-order chi connectivity index (χ0) is 21.8. The average molecular weight is 436 g/mol. The lowest BCUT2D eigenvalue weighted by Crippen LogP contribution is -2.34. The number of carbonyl (C=O) groups excluding carboxylic acids is 1. The first-order chi connectivity index (χ1) is 15.0. The first kappa shape index (κ1) is 20.9. The Morgan fingerprint density at radius 1 is 1.16 bits per heavy atom. The summed E-state index contributed by atoms with van der Waals surface area (Å²) in [6.45, 7) is 4.41. The van der Waals surface area contributed by atoms with Gasteiger partial charge in [-0.2, -0.15) is 0 Å². The van der Waals surface area contributed by atoms with Gasteiger partial charge in [0.2, 0.25) is 0 Å². The topological polar surface area (TPSA) is 55.3 Å². The number of hydrogen-bond donors (Lipinski definition) is 0. The molecular formula is C24H22FN3O2S. The molecule has 7 heteroatoms. The van der Waals surface area contributed by atoms with Crippen molar-refractivity contribution >= 4 is 32.6 Å². The number of fused-ring (bicyclic) bond motifs is 1. The lowest BCUT2D eigenvalue weighted by molar-refractivity contribution is -0.120. The van der Waals surface area contributed by atoms with Gasteiger partial charge in [0.1, 0.15) is 11.6 Å². The fourth-order valence-electron chi connectivity index (χ4n) is 3.11. The van der Waals surface area contributed by atoms with E-state index in [2.05, 4.69) is 23.8 Å². The van der Waals surface area contributed by atoms with Crippen LogP contribution in [0.5, 0.6) is 5.75 Å². The predicted octanol–water partition coefficient (Wildman–Crippen LogP) is 5.57. The molecule has 0 saturated carbocycles. The van der Waals surface area contributed by atoms with Crippen molar-refractivity contribution in [1.29, 1.82) is 0 Å². The Labute approximate surface area is 184 Å². The fraction of sp³-hybridized carbons (Fsp3) is 0.208. The van der Waals surface area contributed by atoms with Crippen LogP contribution in [-0.2, 0) is 11.3 Å². The van der Waals surface area contributed by atoms with Crippen LogP contribution < -0.4 is 9.64 Å². The zero-order valence-corrected chi connectivity index (χ0v) is 18.1. The van der Waals surface area contributed by atoms with E-state index in [-0.39, 0.29) is 18.3 Å². The summed E-state index contributed by atoms with van der Waals surface area (Å²) in [5.41, 5.74) is 2.72. The molecule has 2 heterocycles. The van der Waals surface area contributed by atoms with Crippen molar-refractivity contribution in [2.24, 2.45) is 0 Å². The highest BCUT2D eigenvalue weighted by atomic mass is 32.1. The molecule has 0 aliphatic carbocycles. The molecule has 0 aliphatic heterocycles. The van der Waals surface area contributed by atoms with Crippen molar-refractivity contribution in [3.05, 3.63) is 83.9 Å². The lowest BCUT2D eigenvalue weighted by Gasteiger charge is -2.20. The van der Waals surface area contributed by atoms with Gasteiger partial charge in [-0.25, -0.2) is 9.37 Å². The number of ether oxygens (including phenoxy) is 1. The Morgan fingerprint density at radius 3 is 2.68 bits per heavy atom. The SMILES string of the molecule is CC(C)c1ccc(OCC(=O)N(Cc2cccnc2)c2nc3ccc(F)cc3s2)cc1. The van der Waals surface area contributed by atoms with Crippen LogP contribution in [0.2, 0.25) is 0 Å². The number of benzene rings is 2. The molecule has 0 fully saturated rings. The van der Waals surface area contributed by atoms with E-state index < -0.39 is 0 Å². The van der Waals surface area contributed by atoms with Crippen molar-refractivity contribution in [3.63, 3.8) is 0 Å². The number of nitrogens with zero attached hydrogens (tertiary/aromatic N) is 3. The monoisotopic (exact) mass is 435 g/mol. The van der Waals surface area contributed by atoms with Gasteiger partial charge in [-0.15, -0.1) is 0 Å². The maximum absolute atomic E-state index is 13.6. The molecule has 0 atom stereocenters. The van der Waals surface area contributed by atoms with Gasteiger partial charge >= 0.3 is 0 Å². The Balaban J connectivity index is 1.56. The molecule has 31 heavy (non-hydrogen) atoms. The number of rotatable bonds is 7. The van der Waals surface area contributed by atoms with Crippen molar-refractivity contribution in [1.82, 2.24) is 9.97 Å². The van der Waals surface area contributed by atoms with E-state index in [1.54, 1.807) is 23.4 Å². The van der Waals surface area contributed by atoms with Crippen LogP contribution in [0.15, 0.2) is 67.0 Å². The van der Waals surface area contributed by atoms with Gasteiger partial charge in [0.15, 0.2) is 11.7 Å².